The Kier molecular flexibility index (Phi) is 9.15. The van der Waals surface area contributed by atoms with Gasteiger partial charge in [-0.05, 0) is 32.5 Å². The zero-order chi connectivity index (χ0) is 33.5. The van der Waals surface area contributed by atoms with Crippen molar-refractivity contribution in [3.8, 4) is 0 Å². The normalized spacial score (nSPS) is 20.4. The second-order valence-corrected chi connectivity index (χ2v) is 14.1. The second kappa shape index (κ2) is 13.1. The topological polar surface area (TPSA) is 205 Å². The number of nitrogens with two attached hydrogens (primary N) is 1. The average Bonchev–Trinajstić information content (AvgIpc) is 3.58. The number of thiazole rings is 1. The molecular weight excluding hydrogens is 672 g/mol. The minimum absolute atomic E-state index is 0.0214. The Balaban J connectivity index is 1.22. The molecule has 0 aromatic carbocycles. The third-order valence-corrected chi connectivity index (χ3v) is 10.9. The van der Waals surface area contributed by atoms with E-state index in [-0.39, 0.29) is 40.2 Å². The summed E-state index contributed by atoms with van der Waals surface area (Å²) in [5.41, 5.74) is 6.00. The first-order valence-electron chi connectivity index (χ1n) is 14.8. The van der Waals surface area contributed by atoms with E-state index in [4.69, 9.17) is 22.2 Å². The molecule has 2 aliphatic heterocycles. The maximum atomic E-state index is 13.5. The zero-order valence-corrected chi connectivity index (χ0v) is 27.5. The van der Waals surface area contributed by atoms with E-state index in [0.29, 0.717) is 17.7 Å². The van der Waals surface area contributed by atoms with Crippen molar-refractivity contribution < 1.29 is 38.8 Å². The first kappa shape index (κ1) is 32.7. The van der Waals surface area contributed by atoms with Gasteiger partial charge in [0.05, 0.1) is 0 Å². The lowest BCUT2D eigenvalue weighted by Crippen LogP contribution is -2.71. The fourth-order valence-corrected chi connectivity index (χ4v) is 8.09. The van der Waals surface area contributed by atoms with Crippen LogP contribution >= 0.6 is 34.7 Å². The van der Waals surface area contributed by atoms with Crippen molar-refractivity contribution in [2.45, 2.75) is 55.8 Å². The van der Waals surface area contributed by atoms with Crippen LogP contribution < -0.4 is 20.9 Å². The highest BCUT2D eigenvalue weighted by Gasteiger charge is 2.55. The number of aliphatic carboxylic acids is 2. The number of rotatable bonds is 13. The summed E-state index contributed by atoms with van der Waals surface area (Å²) < 4.78 is 4.13. The average molecular weight is 704 g/mol. The van der Waals surface area contributed by atoms with Gasteiger partial charge in [-0.15, -0.1) is 11.8 Å². The predicted molar refractivity (Wildman–Crippen MR) is 174 cm³/mol. The monoisotopic (exact) mass is 703 g/mol. The van der Waals surface area contributed by atoms with Crippen LogP contribution in [-0.4, -0.2) is 90.5 Å². The summed E-state index contributed by atoms with van der Waals surface area (Å²) in [5, 5.41) is 28.8. The van der Waals surface area contributed by atoms with Gasteiger partial charge >= 0.3 is 11.9 Å². The molecule has 248 valence electrons. The number of fused-ring (bicyclic) bond motifs is 2. The van der Waals surface area contributed by atoms with Gasteiger partial charge in [-0.1, -0.05) is 28.1 Å². The minimum atomic E-state index is -1.59. The van der Waals surface area contributed by atoms with E-state index in [1.807, 2.05) is 42.2 Å². The predicted octanol–water partition coefficient (Wildman–Crippen LogP) is 1.40. The Bertz CT molecular complexity index is 1840. The van der Waals surface area contributed by atoms with Crippen LogP contribution in [0.1, 0.15) is 31.4 Å². The Hall–Kier alpha value is -4.19. The van der Waals surface area contributed by atoms with Crippen molar-refractivity contribution in [3.63, 3.8) is 0 Å². The molecule has 0 radical (unpaired) electrons. The lowest BCUT2D eigenvalue weighted by Gasteiger charge is -2.49. The maximum absolute atomic E-state index is 13.5. The number of hydrogen-bond acceptors (Lipinski definition) is 11. The maximum Gasteiger partial charge on any atom is 0.352 e. The van der Waals surface area contributed by atoms with Gasteiger partial charge in [-0.3, -0.25) is 14.5 Å². The van der Waals surface area contributed by atoms with E-state index < -0.39 is 46.5 Å². The van der Waals surface area contributed by atoms with Crippen molar-refractivity contribution in [2.75, 3.05) is 25.1 Å². The summed E-state index contributed by atoms with van der Waals surface area (Å²) in [5.74, 6) is -3.69. The number of aryl methyl sites for hydroxylation is 1. The number of nitrogens with zero attached hydrogens (tertiary/aromatic N) is 5. The summed E-state index contributed by atoms with van der Waals surface area (Å²) in [6.07, 6.45) is 5.84. The number of thioether (sulfide) groups is 1. The second-order valence-electron chi connectivity index (χ2n) is 11.3. The van der Waals surface area contributed by atoms with Crippen LogP contribution in [0.15, 0.2) is 47.0 Å². The molecule has 0 unspecified atom stereocenters. The zero-order valence-electron chi connectivity index (χ0n) is 25.1. The van der Waals surface area contributed by atoms with E-state index in [2.05, 4.69) is 25.3 Å². The molecule has 3 aliphatic rings. The van der Waals surface area contributed by atoms with Crippen LogP contribution in [-0.2, 0) is 37.1 Å². The molecule has 1 saturated carbocycles. The van der Waals surface area contributed by atoms with E-state index >= 15 is 0 Å². The number of nitrogens with one attached hydrogen (secondary N) is 2. The number of carbonyl (C=O) groups is 4. The molecule has 15 nitrogen and oxygen atoms in total. The molecule has 3 aromatic rings. The molecule has 1 aliphatic carbocycles. The standard InChI is InChI=1S/C29H31ClN8O7S2/c1-32-9-4-11-36-12-6-17-16(36)5-2-10-37(17)13-15-14-46-25-20(24(40)38(25)21(15)26(41)42)33-23(39)19(18-22(30)47-28(31)34-18)35-45-29(27(43)44)7-3-8-29/h2,5-6,10,12,20,25,32H,3-4,7-9,11,13-14H2,1H3,(H4-,31,33,34,39,41,42,43,44)/p+1/b35-19-/t20-,25-/m1/s1. The Morgan fingerprint density at radius 2 is 2.09 bits per heavy atom. The number of amides is 2. The number of carbonyl (C=O) groups excluding carboxylic acids is 2. The van der Waals surface area contributed by atoms with Gasteiger partial charge in [0.1, 0.15) is 32.7 Å². The fourth-order valence-electron chi connectivity index (χ4n) is 5.83. The Morgan fingerprint density at radius 1 is 1.30 bits per heavy atom. The van der Waals surface area contributed by atoms with Gasteiger partial charge in [-0.2, -0.15) is 4.57 Å². The summed E-state index contributed by atoms with van der Waals surface area (Å²) in [6, 6.07) is 4.82. The van der Waals surface area contributed by atoms with Crippen LogP contribution in [0.25, 0.3) is 11.0 Å². The number of nitrogen functional groups attached to an aromatic ring is 1. The van der Waals surface area contributed by atoms with Crippen molar-refractivity contribution >= 4 is 80.3 Å². The Labute approximate surface area is 281 Å². The van der Waals surface area contributed by atoms with Crippen LogP contribution in [0.4, 0.5) is 5.13 Å². The van der Waals surface area contributed by atoms with Crippen LogP contribution in [0, 0.1) is 0 Å². The van der Waals surface area contributed by atoms with E-state index in [1.165, 1.54) is 16.7 Å². The number of oxime groups is 1. The minimum Gasteiger partial charge on any atom is -0.478 e. The Morgan fingerprint density at radius 3 is 2.72 bits per heavy atom. The quantitative estimate of drug-likeness (QED) is 0.0566. The van der Waals surface area contributed by atoms with Gasteiger partial charge in [0.25, 0.3) is 11.8 Å². The van der Waals surface area contributed by atoms with Gasteiger partial charge in [0.2, 0.25) is 11.1 Å². The van der Waals surface area contributed by atoms with Crippen molar-refractivity contribution in [1.82, 2.24) is 25.1 Å². The summed E-state index contributed by atoms with van der Waals surface area (Å²) in [6.45, 7) is 1.96. The van der Waals surface area contributed by atoms with Crippen molar-refractivity contribution in [1.29, 1.82) is 0 Å². The van der Waals surface area contributed by atoms with Gasteiger partial charge in [0, 0.05) is 49.0 Å². The molecule has 2 atom stereocenters. The highest BCUT2D eigenvalue weighted by Crippen LogP contribution is 2.41. The molecule has 18 heteroatoms. The molecule has 2 fully saturated rings. The van der Waals surface area contributed by atoms with Crippen molar-refractivity contribution in [3.05, 3.63) is 51.9 Å². The van der Waals surface area contributed by atoms with Crippen LogP contribution in [0.2, 0.25) is 4.34 Å². The first-order chi connectivity index (χ1) is 22.5. The number of pyridine rings is 1. The number of halogens is 1. The third kappa shape index (κ3) is 6.03. The molecule has 0 spiro atoms. The summed E-state index contributed by atoms with van der Waals surface area (Å²) in [4.78, 5) is 62.0. The third-order valence-electron chi connectivity index (χ3n) is 8.44. The SMILES string of the molecule is CNCCCn1ccc2c1ccc[n+]2CC1=C(C(=O)O)N2C(=O)[C@@H](NC(=O)/C(=N\OC3(C(=O)O)CCC3)c3nc(N)sc3Cl)[C@H]2SC1. The number of β-lactam (4-membered cyclic amide) rings is 1. The van der Waals surface area contributed by atoms with Gasteiger partial charge < -0.3 is 36.0 Å². The van der Waals surface area contributed by atoms with Gasteiger partial charge in [-0.25, -0.2) is 14.6 Å². The number of anilines is 1. The molecule has 47 heavy (non-hydrogen) atoms. The molecule has 1 saturated heterocycles. The molecule has 6 rings (SSSR count). The number of hydrogen-bond donors (Lipinski definition) is 5. The van der Waals surface area contributed by atoms with E-state index in [1.54, 1.807) is 0 Å². The lowest BCUT2D eigenvalue weighted by molar-refractivity contribution is -0.663. The largest absolute Gasteiger partial charge is 0.478 e. The van der Waals surface area contributed by atoms with Gasteiger partial charge in [0.15, 0.2) is 23.6 Å². The summed E-state index contributed by atoms with van der Waals surface area (Å²) in [7, 11) is 1.91. The molecule has 6 N–H and O–H groups in total. The molecule has 3 aromatic heterocycles. The summed E-state index contributed by atoms with van der Waals surface area (Å²) >= 11 is 8.47. The first-order valence-corrected chi connectivity index (χ1v) is 17.0. The fraction of sp³-hybridized carbons (Fsp3) is 0.414. The molecule has 5 heterocycles. The van der Waals surface area contributed by atoms with E-state index in [0.717, 1.165) is 41.9 Å². The van der Waals surface area contributed by atoms with Crippen molar-refractivity contribution in [2.24, 2.45) is 5.16 Å². The van der Waals surface area contributed by atoms with Crippen LogP contribution in [0.5, 0.6) is 0 Å². The number of carboxylic acid groups (broad SMARTS) is 2. The number of carboxylic acids is 2. The molecule has 2 amide bonds. The smallest absolute Gasteiger partial charge is 0.352 e. The van der Waals surface area contributed by atoms with E-state index in [9.17, 15) is 29.4 Å². The molecular formula is C29H32ClN8O7S2+. The lowest BCUT2D eigenvalue weighted by atomic mass is 9.80. The highest BCUT2D eigenvalue weighted by atomic mass is 35.5. The highest BCUT2D eigenvalue weighted by molar-refractivity contribution is 8.00. The number of aromatic nitrogens is 3. The van der Waals surface area contributed by atoms with Crippen LogP contribution in [0.3, 0.4) is 0 Å². The molecule has 0 bridgehead atoms.